The first-order chi connectivity index (χ1) is 8.31. The first-order valence-electron chi connectivity index (χ1n) is 5.84. The molecule has 2 nitrogen and oxygen atoms in total. The van der Waals surface area contributed by atoms with Gasteiger partial charge in [0.25, 0.3) is 0 Å². The highest BCUT2D eigenvalue weighted by Gasteiger charge is 2.11. The third-order valence-corrected chi connectivity index (χ3v) is 3.16. The Morgan fingerprint density at radius 3 is 2.65 bits per heavy atom. The minimum atomic E-state index is 0.183. The molecule has 0 aliphatic heterocycles. The van der Waals surface area contributed by atoms with Crippen LogP contribution in [0.2, 0.25) is 0 Å². The second-order valence-electron chi connectivity index (χ2n) is 4.18. The molecule has 1 aromatic heterocycles. The molecular weight excluding hydrogens is 210 g/mol. The van der Waals surface area contributed by atoms with Gasteiger partial charge in [-0.2, -0.15) is 0 Å². The number of carbonyl (C=O) groups is 1. The molecule has 0 bridgehead atoms. The van der Waals surface area contributed by atoms with Crippen LogP contribution >= 0.6 is 0 Å². The largest absolute Gasteiger partial charge is 0.354 e. The van der Waals surface area contributed by atoms with Crippen LogP contribution in [0.4, 0.5) is 0 Å². The summed E-state index contributed by atoms with van der Waals surface area (Å²) in [5.41, 5.74) is 2.83. The van der Waals surface area contributed by atoms with Crippen LogP contribution in [0.5, 0.6) is 0 Å². The molecule has 0 saturated heterocycles. The Kier molecular flexibility index (Phi) is 2.22. The predicted molar refractivity (Wildman–Crippen MR) is 70.4 cm³/mol. The monoisotopic (exact) mass is 223 g/mol. The van der Waals surface area contributed by atoms with Gasteiger partial charge in [0.1, 0.15) is 0 Å². The van der Waals surface area contributed by atoms with E-state index in [2.05, 4.69) is 17.1 Å². The Bertz CT molecular complexity index is 709. The minimum Gasteiger partial charge on any atom is -0.354 e. The summed E-state index contributed by atoms with van der Waals surface area (Å²) in [6.45, 7) is 1.89. The highest BCUT2D eigenvalue weighted by molar-refractivity contribution is 6.15. The normalized spacial score (nSPS) is 11.1. The lowest BCUT2D eigenvalue weighted by Gasteiger charge is -1.99. The molecule has 3 aromatic rings. The Morgan fingerprint density at radius 2 is 1.82 bits per heavy atom. The Balaban J connectivity index is 2.43. The molecule has 1 N–H and O–H groups in total. The van der Waals surface area contributed by atoms with E-state index < -0.39 is 0 Å². The average Bonchev–Trinajstić information content (AvgIpc) is 2.76. The zero-order valence-corrected chi connectivity index (χ0v) is 9.66. The van der Waals surface area contributed by atoms with E-state index in [0.29, 0.717) is 6.42 Å². The van der Waals surface area contributed by atoms with Gasteiger partial charge in [-0.3, -0.25) is 4.79 Å². The van der Waals surface area contributed by atoms with E-state index in [0.717, 1.165) is 22.0 Å². The lowest BCUT2D eigenvalue weighted by atomic mass is 10.0. The van der Waals surface area contributed by atoms with E-state index in [1.807, 2.05) is 37.3 Å². The van der Waals surface area contributed by atoms with Crippen molar-refractivity contribution in [2.24, 2.45) is 0 Å². The fourth-order valence-corrected chi connectivity index (χ4v) is 2.30. The molecule has 0 radical (unpaired) electrons. The number of H-pyrrole nitrogens is 1. The number of nitrogens with one attached hydrogen (secondary N) is 1. The summed E-state index contributed by atoms with van der Waals surface area (Å²) in [7, 11) is 0. The summed E-state index contributed by atoms with van der Waals surface area (Å²) in [4.78, 5) is 15.2. The van der Waals surface area contributed by atoms with Crippen molar-refractivity contribution in [2.75, 3.05) is 0 Å². The Hall–Kier alpha value is -2.09. The number of Topliss-reactive ketones (excluding diaryl/α,β-unsaturated/α-hetero) is 1. The van der Waals surface area contributed by atoms with Crippen LogP contribution in [-0.2, 0) is 0 Å². The third kappa shape index (κ3) is 1.45. The number of fused-ring (bicyclic) bond motifs is 3. The van der Waals surface area contributed by atoms with Crippen LogP contribution in [0.3, 0.4) is 0 Å². The average molecular weight is 223 g/mol. The number of hydrogen-bond donors (Lipinski definition) is 1. The van der Waals surface area contributed by atoms with Gasteiger partial charge in [-0.25, -0.2) is 0 Å². The number of hydrogen-bond acceptors (Lipinski definition) is 1. The molecule has 0 amide bonds. The molecule has 1 heterocycles. The Labute approximate surface area is 99.3 Å². The molecule has 2 heteroatoms. The first-order valence-corrected chi connectivity index (χ1v) is 5.84. The summed E-state index contributed by atoms with van der Waals surface area (Å²) < 4.78 is 0. The van der Waals surface area contributed by atoms with Crippen molar-refractivity contribution in [1.29, 1.82) is 0 Å². The standard InChI is InChI=1S/C15H13NO/c1-2-14(17)12-8-5-7-11-10-6-3-4-9-13(10)16-15(11)12/h3-9,16H,2H2,1H3. The van der Waals surface area contributed by atoms with Crippen molar-refractivity contribution in [2.45, 2.75) is 13.3 Å². The van der Waals surface area contributed by atoms with Gasteiger partial charge in [-0.05, 0) is 12.1 Å². The van der Waals surface area contributed by atoms with Crippen molar-refractivity contribution in [3.05, 3.63) is 48.0 Å². The second kappa shape index (κ2) is 3.74. The van der Waals surface area contributed by atoms with Crippen molar-refractivity contribution in [3.63, 3.8) is 0 Å². The molecular formula is C15H13NO. The molecule has 0 fully saturated rings. The van der Waals surface area contributed by atoms with Gasteiger partial charge in [0.2, 0.25) is 0 Å². The number of ketones is 1. The molecule has 0 spiro atoms. The molecule has 0 atom stereocenters. The maximum atomic E-state index is 11.9. The number of benzene rings is 2. The van der Waals surface area contributed by atoms with Gasteiger partial charge >= 0.3 is 0 Å². The van der Waals surface area contributed by atoms with E-state index in [-0.39, 0.29) is 5.78 Å². The quantitative estimate of drug-likeness (QED) is 0.656. The van der Waals surface area contributed by atoms with Crippen LogP contribution in [0.1, 0.15) is 23.7 Å². The van der Waals surface area contributed by atoms with Crippen LogP contribution in [0.15, 0.2) is 42.5 Å². The number of carbonyl (C=O) groups excluding carboxylic acids is 1. The summed E-state index contributed by atoms with van der Waals surface area (Å²) in [6.07, 6.45) is 0.536. The van der Waals surface area contributed by atoms with Gasteiger partial charge in [0.15, 0.2) is 5.78 Å². The third-order valence-electron chi connectivity index (χ3n) is 3.16. The van der Waals surface area contributed by atoms with Gasteiger partial charge in [-0.1, -0.05) is 37.3 Å². The van der Waals surface area contributed by atoms with Gasteiger partial charge in [-0.15, -0.1) is 0 Å². The van der Waals surface area contributed by atoms with Gasteiger partial charge in [0.05, 0.1) is 5.52 Å². The molecule has 0 aliphatic carbocycles. The van der Waals surface area contributed by atoms with Crippen molar-refractivity contribution in [3.8, 4) is 0 Å². The van der Waals surface area contributed by atoms with Crippen molar-refractivity contribution in [1.82, 2.24) is 4.98 Å². The highest BCUT2D eigenvalue weighted by atomic mass is 16.1. The fourth-order valence-electron chi connectivity index (χ4n) is 2.30. The number of para-hydroxylation sites is 2. The van der Waals surface area contributed by atoms with E-state index in [9.17, 15) is 4.79 Å². The van der Waals surface area contributed by atoms with Gasteiger partial charge < -0.3 is 4.98 Å². The zero-order valence-electron chi connectivity index (χ0n) is 9.66. The smallest absolute Gasteiger partial charge is 0.164 e. The topological polar surface area (TPSA) is 32.9 Å². The van der Waals surface area contributed by atoms with Crippen LogP contribution in [0, 0.1) is 0 Å². The van der Waals surface area contributed by atoms with E-state index in [1.54, 1.807) is 0 Å². The molecule has 0 aliphatic rings. The SMILES string of the molecule is CCC(=O)c1cccc2c1[nH]c1ccccc12. The second-order valence-corrected chi connectivity index (χ2v) is 4.18. The number of rotatable bonds is 2. The first kappa shape index (κ1) is 10.1. The number of aromatic nitrogens is 1. The zero-order chi connectivity index (χ0) is 11.8. The predicted octanol–water partition coefficient (Wildman–Crippen LogP) is 3.91. The summed E-state index contributed by atoms with van der Waals surface area (Å²) in [5.74, 6) is 0.183. The molecule has 17 heavy (non-hydrogen) atoms. The maximum absolute atomic E-state index is 11.9. The fraction of sp³-hybridized carbons (Fsp3) is 0.133. The van der Waals surface area contributed by atoms with E-state index in [1.165, 1.54) is 5.39 Å². The summed E-state index contributed by atoms with van der Waals surface area (Å²) in [5, 5.41) is 2.30. The molecule has 2 aromatic carbocycles. The molecule has 0 saturated carbocycles. The molecule has 3 rings (SSSR count). The number of aromatic amines is 1. The van der Waals surface area contributed by atoms with Crippen LogP contribution < -0.4 is 0 Å². The highest BCUT2D eigenvalue weighted by Crippen LogP contribution is 2.27. The Morgan fingerprint density at radius 1 is 1.06 bits per heavy atom. The van der Waals surface area contributed by atoms with Gasteiger partial charge in [0, 0.05) is 28.3 Å². The van der Waals surface area contributed by atoms with Crippen molar-refractivity contribution >= 4 is 27.6 Å². The maximum Gasteiger partial charge on any atom is 0.164 e. The lowest BCUT2D eigenvalue weighted by Crippen LogP contribution is -1.96. The summed E-state index contributed by atoms with van der Waals surface area (Å²) >= 11 is 0. The minimum absolute atomic E-state index is 0.183. The van der Waals surface area contributed by atoms with Crippen molar-refractivity contribution < 1.29 is 4.79 Å². The van der Waals surface area contributed by atoms with Crippen LogP contribution in [-0.4, -0.2) is 10.8 Å². The van der Waals surface area contributed by atoms with E-state index in [4.69, 9.17) is 0 Å². The molecule has 0 unspecified atom stereocenters. The van der Waals surface area contributed by atoms with E-state index >= 15 is 0 Å². The summed E-state index contributed by atoms with van der Waals surface area (Å²) in [6, 6.07) is 14.0. The lowest BCUT2D eigenvalue weighted by molar-refractivity contribution is 0.0989. The van der Waals surface area contributed by atoms with Crippen LogP contribution in [0.25, 0.3) is 21.8 Å². The molecule has 84 valence electrons.